The van der Waals surface area contributed by atoms with E-state index in [4.69, 9.17) is 27.9 Å². The summed E-state index contributed by atoms with van der Waals surface area (Å²) in [5.41, 5.74) is 1.36. The quantitative estimate of drug-likeness (QED) is 0.730. The second-order valence-electron chi connectivity index (χ2n) is 4.68. The van der Waals surface area contributed by atoms with Crippen molar-refractivity contribution in [3.63, 3.8) is 0 Å². The van der Waals surface area contributed by atoms with E-state index in [0.29, 0.717) is 23.5 Å². The summed E-state index contributed by atoms with van der Waals surface area (Å²) in [7, 11) is 1.65. The standard InChI is InChI=1S/C14H17Cl2FN2O/c1-3-4-9(8-20-2)19-13-6-11(17)10(16)5-12(13)18-14(19)7-15/h5-6,9H,3-4,7-8H2,1-2H3. The number of methoxy groups -OCH3 is 1. The Morgan fingerprint density at radius 3 is 2.80 bits per heavy atom. The lowest BCUT2D eigenvalue weighted by atomic mass is 10.1. The molecule has 2 rings (SSSR count). The van der Waals surface area contributed by atoms with Crippen molar-refractivity contribution in [3.8, 4) is 0 Å². The first-order chi connectivity index (χ1) is 9.62. The largest absolute Gasteiger partial charge is 0.383 e. The molecule has 0 aliphatic rings. The van der Waals surface area contributed by atoms with E-state index >= 15 is 0 Å². The van der Waals surface area contributed by atoms with Crippen molar-refractivity contribution in [1.29, 1.82) is 0 Å². The fraction of sp³-hybridized carbons (Fsp3) is 0.500. The number of nitrogens with zero attached hydrogens (tertiary/aromatic N) is 2. The van der Waals surface area contributed by atoms with E-state index in [2.05, 4.69) is 11.9 Å². The van der Waals surface area contributed by atoms with Crippen LogP contribution >= 0.6 is 23.2 Å². The third kappa shape index (κ3) is 2.92. The predicted octanol–water partition coefficient (Wildman–Crippen LogP) is 4.56. The highest BCUT2D eigenvalue weighted by Crippen LogP contribution is 2.29. The molecule has 1 aromatic heterocycles. The molecule has 0 fully saturated rings. The fourth-order valence-electron chi connectivity index (χ4n) is 2.45. The van der Waals surface area contributed by atoms with Crippen molar-refractivity contribution in [1.82, 2.24) is 9.55 Å². The molecule has 3 nitrogen and oxygen atoms in total. The zero-order valence-corrected chi connectivity index (χ0v) is 13.0. The molecule has 6 heteroatoms. The topological polar surface area (TPSA) is 27.1 Å². The van der Waals surface area contributed by atoms with Gasteiger partial charge in [0.25, 0.3) is 0 Å². The molecular formula is C14H17Cl2FN2O. The van der Waals surface area contributed by atoms with Crippen LogP contribution in [0, 0.1) is 5.82 Å². The van der Waals surface area contributed by atoms with Gasteiger partial charge in [-0.25, -0.2) is 9.37 Å². The van der Waals surface area contributed by atoms with Crippen molar-refractivity contribution in [3.05, 3.63) is 28.8 Å². The van der Waals surface area contributed by atoms with Crippen LogP contribution in [0.1, 0.15) is 31.6 Å². The van der Waals surface area contributed by atoms with Crippen molar-refractivity contribution in [2.24, 2.45) is 0 Å². The Labute approximate surface area is 127 Å². The van der Waals surface area contributed by atoms with Gasteiger partial charge in [-0.05, 0) is 12.5 Å². The highest BCUT2D eigenvalue weighted by Gasteiger charge is 2.19. The fourth-order valence-corrected chi connectivity index (χ4v) is 2.80. The van der Waals surface area contributed by atoms with Crippen molar-refractivity contribution in [2.45, 2.75) is 31.7 Å². The molecule has 0 amide bonds. The van der Waals surface area contributed by atoms with Gasteiger partial charge in [0.15, 0.2) is 0 Å². The van der Waals surface area contributed by atoms with Crippen LogP contribution < -0.4 is 0 Å². The van der Waals surface area contributed by atoms with E-state index in [1.54, 1.807) is 7.11 Å². The molecule has 0 spiro atoms. The number of hydrogen-bond donors (Lipinski definition) is 0. The summed E-state index contributed by atoms with van der Waals surface area (Å²) in [6.45, 7) is 2.63. The average molecular weight is 319 g/mol. The smallest absolute Gasteiger partial charge is 0.144 e. The molecule has 0 aliphatic carbocycles. The normalized spacial score (nSPS) is 13.1. The Bertz CT molecular complexity index is 594. The third-order valence-corrected chi connectivity index (χ3v) is 3.80. The minimum atomic E-state index is -0.450. The van der Waals surface area contributed by atoms with Gasteiger partial charge in [-0.3, -0.25) is 0 Å². The number of aromatic nitrogens is 2. The number of ether oxygens (including phenoxy) is 1. The predicted molar refractivity (Wildman–Crippen MR) is 80.1 cm³/mol. The van der Waals surface area contributed by atoms with Gasteiger partial charge >= 0.3 is 0 Å². The lowest BCUT2D eigenvalue weighted by molar-refractivity contribution is 0.151. The number of benzene rings is 1. The van der Waals surface area contributed by atoms with Crippen LogP contribution in [-0.4, -0.2) is 23.3 Å². The highest BCUT2D eigenvalue weighted by atomic mass is 35.5. The molecular weight excluding hydrogens is 302 g/mol. The molecule has 0 saturated carbocycles. The Hall–Kier alpha value is -0.840. The van der Waals surface area contributed by atoms with Crippen LogP contribution in [0.2, 0.25) is 5.02 Å². The molecule has 110 valence electrons. The first-order valence-corrected chi connectivity index (χ1v) is 7.44. The Balaban J connectivity index is 2.61. The Morgan fingerprint density at radius 1 is 1.45 bits per heavy atom. The van der Waals surface area contributed by atoms with Crippen LogP contribution in [0.15, 0.2) is 12.1 Å². The van der Waals surface area contributed by atoms with Crippen molar-refractivity contribution >= 4 is 34.2 Å². The van der Waals surface area contributed by atoms with Crippen LogP contribution in [0.25, 0.3) is 11.0 Å². The first-order valence-electron chi connectivity index (χ1n) is 6.53. The Kier molecular flexibility index (Phi) is 5.24. The van der Waals surface area contributed by atoms with Gasteiger partial charge in [0.05, 0.1) is 34.6 Å². The van der Waals surface area contributed by atoms with E-state index in [1.165, 1.54) is 12.1 Å². The number of fused-ring (bicyclic) bond motifs is 1. The second-order valence-corrected chi connectivity index (χ2v) is 5.36. The third-order valence-electron chi connectivity index (χ3n) is 3.27. The molecule has 0 aliphatic heterocycles. The van der Waals surface area contributed by atoms with Crippen LogP contribution in [0.5, 0.6) is 0 Å². The van der Waals surface area contributed by atoms with Gasteiger partial charge < -0.3 is 9.30 Å². The summed E-state index contributed by atoms with van der Waals surface area (Å²) in [5, 5.41) is 0.0713. The minimum Gasteiger partial charge on any atom is -0.383 e. The monoisotopic (exact) mass is 318 g/mol. The van der Waals surface area contributed by atoms with Crippen molar-refractivity contribution in [2.75, 3.05) is 13.7 Å². The molecule has 1 aromatic carbocycles. The SMILES string of the molecule is CCCC(COC)n1c(CCl)nc2cc(Cl)c(F)cc21. The minimum absolute atomic E-state index is 0.0713. The van der Waals surface area contributed by atoms with Crippen LogP contribution in [0.4, 0.5) is 4.39 Å². The number of halogens is 3. The molecule has 1 unspecified atom stereocenters. The maximum atomic E-state index is 13.7. The summed E-state index contributed by atoms with van der Waals surface area (Å²) in [4.78, 5) is 4.44. The maximum Gasteiger partial charge on any atom is 0.144 e. The summed E-state index contributed by atoms with van der Waals surface area (Å²) >= 11 is 11.8. The zero-order chi connectivity index (χ0) is 14.7. The number of alkyl halides is 1. The second kappa shape index (κ2) is 6.74. The molecule has 1 heterocycles. The molecule has 20 heavy (non-hydrogen) atoms. The van der Waals surface area contributed by atoms with Crippen LogP contribution in [-0.2, 0) is 10.6 Å². The van der Waals surface area contributed by atoms with E-state index in [9.17, 15) is 4.39 Å². The van der Waals surface area contributed by atoms with Gasteiger partial charge in [-0.1, -0.05) is 24.9 Å². The average Bonchev–Trinajstić information content (AvgIpc) is 2.76. The lowest BCUT2D eigenvalue weighted by Gasteiger charge is -2.20. The van der Waals surface area contributed by atoms with Gasteiger partial charge in [-0.15, -0.1) is 11.6 Å². The Morgan fingerprint density at radius 2 is 2.20 bits per heavy atom. The first kappa shape index (κ1) is 15.5. The molecule has 0 saturated heterocycles. The van der Waals surface area contributed by atoms with E-state index < -0.39 is 5.82 Å². The van der Waals surface area contributed by atoms with Gasteiger partial charge in [0.2, 0.25) is 0 Å². The highest BCUT2D eigenvalue weighted by molar-refractivity contribution is 6.31. The van der Waals surface area contributed by atoms with E-state index in [-0.39, 0.29) is 16.9 Å². The molecule has 0 radical (unpaired) electrons. The summed E-state index contributed by atoms with van der Waals surface area (Å²) in [6.07, 6.45) is 1.90. The maximum absolute atomic E-state index is 13.7. The summed E-state index contributed by atoms with van der Waals surface area (Å²) in [5.74, 6) is 0.519. The number of rotatable bonds is 6. The molecule has 1 atom stereocenters. The molecule has 0 N–H and O–H groups in total. The number of hydrogen-bond acceptors (Lipinski definition) is 2. The molecule has 0 bridgehead atoms. The van der Waals surface area contributed by atoms with E-state index in [0.717, 1.165) is 12.8 Å². The lowest BCUT2D eigenvalue weighted by Crippen LogP contribution is -2.16. The summed E-state index contributed by atoms with van der Waals surface area (Å²) < 4.78 is 21.0. The van der Waals surface area contributed by atoms with Crippen LogP contribution in [0.3, 0.4) is 0 Å². The number of imidazole rings is 1. The van der Waals surface area contributed by atoms with Gasteiger partial charge in [0, 0.05) is 13.2 Å². The van der Waals surface area contributed by atoms with Gasteiger partial charge in [-0.2, -0.15) is 0 Å². The van der Waals surface area contributed by atoms with E-state index in [1.807, 2.05) is 4.57 Å². The van der Waals surface area contributed by atoms with Crippen molar-refractivity contribution < 1.29 is 9.13 Å². The zero-order valence-electron chi connectivity index (χ0n) is 11.5. The molecule has 2 aromatic rings. The summed E-state index contributed by atoms with van der Waals surface area (Å²) in [6, 6.07) is 3.04. The van der Waals surface area contributed by atoms with Gasteiger partial charge in [0.1, 0.15) is 11.6 Å².